The first-order valence-corrected chi connectivity index (χ1v) is 14.5. The van der Waals surface area contributed by atoms with E-state index in [2.05, 4.69) is 48.5 Å². The van der Waals surface area contributed by atoms with Crippen LogP contribution in [0.2, 0.25) is 0 Å². The van der Waals surface area contributed by atoms with E-state index in [0.717, 1.165) is 51.4 Å². The molecular formula is C31H50O5. The van der Waals surface area contributed by atoms with Gasteiger partial charge in [0.15, 0.2) is 5.78 Å². The van der Waals surface area contributed by atoms with Gasteiger partial charge in [-0.2, -0.15) is 0 Å². The lowest BCUT2D eigenvalue weighted by atomic mass is 9.30. The molecule has 0 amide bonds. The SMILES string of the molecule is COC(=O)[C@]12CCC(C)(C)CC1C1C(O)C(=O)C3[C@@]4(C)CC[C@H](O)C(C)(C)C4CC[C@@]3(C)[C@]1(C)CC2. The van der Waals surface area contributed by atoms with Gasteiger partial charge in [0.25, 0.3) is 0 Å². The molecule has 36 heavy (non-hydrogen) atoms. The molecule has 5 rings (SSSR count). The number of esters is 1. The highest BCUT2D eigenvalue weighted by atomic mass is 16.5. The number of hydrogen-bond acceptors (Lipinski definition) is 5. The van der Waals surface area contributed by atoms with Crippen LogP contribution in [0.5, 0.6) is 0 Å². The Morgan fingerprint density at radius 2 is 1.50 bits per heavy atom. The van der Waals surface area contributed by atoms with Gasteiger partial charge in [-0.1, -0.05) is 48.5 Å². The fraction of sp³-hybridized carbons (Fsp3) is 0.935. The first kappa shape index (κ1) is 26.7. The molecule has 0 bridgehead atoms. The monoisotopic (exact) mass is 502 g/mol. The van der Waals surface area contributed by atoms with Crippen LogP contribution in [-0.4, -0.2) is 41.3 Å². The van der Waals surface area contributed by atoms with Crippen molar-refractivity contribution < 1.29 is 24.5 Å². The molecule has 0 aromatic heterocycles. The number of fused-ring (bicyclic) bond motifs is 7. The number of hydrogen-bond donors (Lipinski definition) is 2. The van der Waals surface area contributed by atoms with E-state index in [9.17, 15) is 19.8 Å². The predicted molar refractivity (Wildman–Crippen MR) is 139 cm³/mol. The molecule has 10 atom stereocenters. The van der Waals surface area contributed by atoms with E-state index in [4.69, 9.17) is 4.74 Å². The van der Waals surface area contributed by atoms with Crippen molar-refractivity contribution in [3.63, 3.8) is 0 Å². The van der Waals surface area contributed by atoms with Crippen LogP contribution in [0, 0.1) is 56.2 Å². The third kappa shape index (κ3) is 3.08. The zero-order valence-corrected chi connectivity index (χ0v) is 23.9. The van der Waals surface area contributed by atoms with Gasteiger partial charge in [0, 0.05) is 11.8 Å². The van der Waals surface area contributed by atoms with Crippen molar-refractivity contribution in [3.05, 3.63) is 0 Å². The van der Waals surface area contributed by atoms with Gasteiger partial charge < -0.3 is 14.9 Å². The molecule has 5 aliphatic carbocycles. The van der Waals surface area contributed by atoms with Gasteiger partial charge in [-0.05, 0) is 96.7 Å². The number of aliphatic hydroxyl groups is 2. The number of aliphatic hydroxyl groups excluding tert-OH is 2. The summed E-state index contributed by atoms with van der Waals surface area (Å²) in [7, 11) is 1.49. The minimum absolute atomic E-state index is 0.00316. The minimum Gasteiger partial charge on any atom is -0.469 e. The van der Waals surface area contributed by atoms with E-state index in [-0.39, 0.29) is 68.6 Å². The Kier molecular flexibility index (Phi) is 5.78. The molecule has 0 radical (unpaired) electrons. The first-order chi connectivity index (χ1) is 16.5. The maximum Gasteiger partial charge on any atom is 0.312 e. The molecule has 0 aromatic rings. The van der Waals surface area contributed by atoms with E-state index >= 15 is 0 Å². The Hall–Kier alpha value is -0.940. The van der Waals surface area contributed by atoms with Gasteiger partial charge in [0.1, 0.15) is 6.10 Å². The molecule has 204 valence electrons. The largest absolute Gasteiger partial charge is 0.469 e. The van der Waals surface area contributed by atoms with Crippen molar-refractivity contribution in [2.45, 2.75) is 118 Å². The van der Waals surface area contributed by atoms with Crippen LogP contribution in [0.3, 0.4) is 0 Å². The van der Waals surface area contributed by atoms with Crippen molar-refractivity contribution >= 4 is 11.8 Å². The van der Waals surface area contributed by atoms with Crippen LogP contribution in [0.25, 0.3) is 0 Å². The van der Waals surface area contributed by atoms with Crippen LogP contribution >= 0.6 is 0 Å². The highest BCUT2D eigenvalue weighted by Gasteiger charge is 2.75. The second kappa shape index (κ2) is 7.81. The van der Waals surface area contributed by atoms with Gasteiger partial charge in [0.05, 0.1) is 18.6 Å². The average molecular weight is 503 g/mol. The molecule has 2 N–H and O–H groups in total. The van der Waals surface area contributed by atoms with Crippen LogP contribution < -0.4 is 0 Å². The molecule has 0 aromatic carbocycles. The summed E-state index contributed by atoms with van der Waals surface area (Å²) >= 11 is 0. The second-order valence-corrected chi connectivity index (χ2v) is 15.7. The summed E-state index contributed by atoms with van der Waals surface area (Å²) in [6, 6.07) is 0. The Labute approximate surface area is 218 Å². The summed E-state index contributed by atoms with van der Waals surface area (Å²) in [6.45, 7) is 15.8. The molecule has 5 fully saturated rings. The molecule has 5 unspecified atom stereocenters. The average Bonchev–Trinajstić information content (AvgIpc) is 2.79. The van der Waals surface area contributed by atoms with Crippen molar-refractivity contribution in [1.29, 1.82) is 0 Å². The topological polar surface area (TPSA) is 83.8 Å². The number of ether oxygens (including phenoxy) is 1. The fourth-order valence-corrected chi connectivity index (χ4v) is 11.3. The lowest BCUT2D eigenvalue weighted by Crippen LogP contribution is -2.73. The highest BCUT2D eigenvalue weighted by molar-refractivity contribution is 5.89. The zero-order valence-electron chi connectivity index (χ0n) is 23.9. The maximum atomic E-state index is 14.5. The molecule has 5 saturated carbocycles. The maximum absolute atomic E-state index is 14.5. The van der Waals surface area contributed by atoms with Gasteiger partial charge in [-0.15, -0.1) is 0 Å². The molecule has 5 heteroatoms. The standard InChI is InChI=1S/C31H50O5/c1-26(2)13-15-31(25(35)36-8)16-14-29(6)21(18(31)17-26)22(33)23(34)24-28(5)11-10-20(32)27(3,4)19(28)9-12-30(24,29)7/h18-22,24,32-33H,9-17H2,1-8H3/t18?,19?,20-,21?,22?,24?,28-,29+,30+,31-/m0/s1. The van der Waals surface area contributed by atoms with Crippen molar-refractivity contribution in [1.82, 2.24) is 0 Å². The number of ketones is 1. The molecular weight excluding hydrogens is 452 g/mol. The molecule has 0 aliphatic heterocycles. The Balaban J connectivity index is 1.63. The Bertz CT molecular complexity index is 955. The Morgan fingerprint density at radius 3 is 2.14 bits per heavy atom. The first-order valence-electron chi connectivity index (χ1n) is 14.5. The normalized spacial score (nSPS) is 53.3. The fourth-order valence-electron chi connectivity index (χ4n) is 11.3. The smallest absolute Gasteiger partial charge is 0.312 e. The van der Waals surface area contributed by atoms with Gasteiger partial charge >= 0.3 is 5.97 Å². The van der Waals surface area contributed by atoms with E-state index < -0.39 is 11.5 Å². The van der Waals surface area contributed by atoms with Crippen LogP contribution in [0.15, 0.2) is 0 Å². The molecule has 0 saturated heterocycles. The lowest BCUT2D eigenvalue weighted by Gasteiger charge is -2.73. The third-order valence-electron chi connectivity index (χ3n) is 13.6. The van der Waals surface area contributed by atoms with Crippen molar-refractivity contribution in [2.75, 3.05) is 7.11 Å². The number of carbonyl (C=O) groups excluding carboxylic acids is 2. The summed E-state index contributed by atoms with van der Waals surface area (Å²) in [5.74, 6) is -0.414. The summed E-state index contributed by atoms with van der Waals surface area (Å²) in [5, 5.41) is 22.9. The van der Waals surface area contributed by atoms with Gasteiger partial charge in [0.2, 0.25) is 0 Å². The van der Waals surface area contributed by atoms with Gasteiger partial charge in [-0.25, -0.2) is 0 Å². The van der Waals surface area contributed by atoms with Gasteiger partial charge in [-0.3, -0.25) is 9.59 Å². The third-order valence-corrected chi connectivity index (χ3v) is 13.6. The van der Waals surface area contributed by atoms with E-state index in [0.29, 0.717) is 6.42 Å². The number of carbonyl (C=O) groups is 2. The number of rotatable bonds is 1. The van der Waals surface area contributed by atoms with Crippen LogP contribution in [0.1, 0.15) is 106 Å². The van der Waals surface area contributed by atoms with E-state index in [1.807, 2.05) is 0 Å². The highest BCUT2D eigenvalue weighted by Crippen LogP contribution is 2.76. The van der Waals surface area contributed by atoms with Crippen molar-refractivity contribution in [2.24, 2.45) is 56.2 Å². The lowest BCUT2D eigenvalue weighted by molar-refractivity contribution is -0.263. The van der Waals surface area contributed by atoms with Crippen LogP contribution in [0.4, 0.5) is 0 Å². The summed E-state index contributed by atoms with van der Waals surface area (Å²) < 4.78 is 5.42. The predicted octanol–water partition coefficient (Wildman–Crippen LogP) is 5.55. The van der Waals surface area contributed by atoms with Crippen LogP contribution in [-0.2, 0) is 14.3 Å². The summed E-state index contributed by atoms with van der Waals surface area (Å²) in [6.07, 6.45) is 6.25. The molecule has 0 heterocycles. The summed E-state index contributed by atoms with van der Waals surface area (Å²) in [4.78, 5) is 27.9. The quantitative estimate of drug-likeness (QED) is 0.459. The molecule has 0 spiro atoms. The van der Waals surface area contributed by atoms with E-state index in [1.165, 1.54) is 7.11 Å². The summed E-state index contributed by atoms with van der Waals surface area (Å²) in [5.41, 5.74) is -1.52. The van der Waals surface area contributed by atoms with Crippen molar-refractivity contribution in [3.8, 4) is 0 Å². The second-order valence-electron chi connectivity index (χ2n) is 15.7. The van der Waals surface area contributed by atoms with E-state index in [1.54, 1.807) is 0 Å². The zero-order chi connectivity index (χ0) is 26.7. The minimum atomic E-state index is -1.05. The molecule has 5 aliphatic rings. The number of Topliss-reactive ketones (excluding diaryl/α,β-unsaturated/α-hetero) is 1. The Morgan fingerprint density at radius 1 is 0.861 bits per heavy atom. The number of methoxy groups -OCH3 is 1. The molecule has 5 nitrogen and oxygen atoms in total.